The van der Waals surface area contributed by atoms with Crippen LogP contribution in [0.2, 0.25) is 0 Å². The summed E-state index contributed by atoms with van der Waals surface area (Å²) in [6, 6.07) is 13.8. The number of hydrogen-bond acceptors (Lipinski definition) is 4. The third-order valence-corrected chi connectivity index (χ3v) is 3.60. The average molecular weight is 308 g/mol. The lowest BCUT2D eigenvalue weighted by Crippen LogP contribution is -2.13. The van der Waals surface area contributed by atoms with E-state index in [1.54, 1.807) is 10.9 Å². The highest BCUT2D eigenvalue weighted by Crippen LogP contribution is 2.26. The van der Waals surface area contributed by atoms with Gasteiger partial charge in [0.1, 0.15) is 5.75 Å². The molecule has 1 aromatic carbocycles. The highest BCUT2D eigenvalue weighted by molar-refractivity contribution is 5.35. The van der Waals surface area contributed by atoms with Gasteiger partial charge in [0.15, 0.2) is 0 Å². The number of aryl methyl sites for hydroxylation is 2. The smallest absolute Gasteiger partial charge is 0.222 e. The summed E-state index contributed by atoms with van der Waals surface area (Å²) in [6.45, 7) is 3.45. The van der Waals surface area contributed by atoms with Gasteiger partial charge >= 0.3 is 0 Å². The van der Waals surface area contributed by atoms with Crippen LogP contribution in [0.5, 0.6) is 11.6 Å². The second-order valence-electron chi connectivity index (χ2n) is 5.37. The van der Waals surface area contributed by atoms with Gasteiger partial charge in [0.25, 0.3) is 0 Å². The molecule has 0 amide bonds. The number of benzene rings is 1. The minimum atomic E-state index is 0.691. The Hall–Kier alpha value is -2.66. The maximum absolute atomic E-state index is 6.01. The van der Waals surface area contributed by atoms with Crippen LogP contribution >= 0.6 is 0 Å². The van der Waals surface area contributed by atoms with Crippen LogP contribution in [-0.4, -0.2) is 14.8 Å². The molecule has 0 atom stereocenters. The molecule has 0 unspecified atom stereocenters. The molecule has 2 heterocycles. The van der Waals surface area contributed by atoms with Gasteiger partial charge in [-0.05, 0) is 30.7 Å². The maximum Gasteiger partial charge on any atom is 0.222 e. The first-order valence-corrected chi connectivity index (χ1v) is 7.59. The molecular formula is C18H20N4O. The highest BCUT2D eigenvalue weighted by atomic mass is 16.5. The Labute approximate surface area is 135 Å². The maximum atomic E-state index is 6.01. The number of rotatable bonds is 6. The zero-order valence-corrected chi connectivity index (χ0v) is 13.4. The molecule has 23 heavy (non-hydrogen) atoms. The van der Waals surface area contributed by atoms with Gasteiger partial charge in [-0.25, -0.2) is 4.68 Å². The Morgan fingerprint density at radius 3 is 2.65 bits per heavy atom. The molecule has 5 heteroatoms. The summed E-state index contributed by atoms with van der Waals surface area (Å²) in [7, 11) is 1.90. The molecule has 2 aromatic heterocycles. The first-order chi connectivity index (χ1) is 11.2. The van der Waals surface area contributed by atoms with E-state index >= 15 is 0 Å². The molecule has 0 spiro atoms. The van der Waals surface area contributed by atoms with Crippen molar-refractivity contribution < 1.29 is 4.74 Å². The van der Waals surface area contributed by atoms with E-state index in [0.29, 0.717) is 6.54 Å². The molecule has 5 nitrogen and oxygen atoms in total. The van der Waals surface area contributed by atoms with Crippen molar-refractivity contribution in [2.45, 2.75) is 20.0 Å². The molecule has 0 bridgehead atoms. The van der Waals surface area contributed by atoms with Gasteiger partial charge in [0, 0.05) is 32.5 Å². The van der Waals surface area contributed by atoms with E-state index in [4.69, 9.17) is 4.74 Å². The quantitative estimate of drug-likeness (QED) is 0.760. The van der Waals surface area contributed by atoms with E-state index in [-0.39, 0.29) is 0 Å². The van der Waals surface area contributed by atoms with Gasteiger partial charge in [-0.1, -0.05) is 24.3 Å². The van der Waals surface area contributed by atoms with Crippen LogP contribution in [0.4, 0.5) is 0 Å². The van der Waals surface area contributed by atoms with E-state index in [1.165, 1.54) is 0 Å². The zero-order chi connectivity index (χ0) is 16.1. The summed E-state index contributed by atoms with van der Waals surface area (Å²) in [4.78, 5) is 4.12. The number of hydrogen-bond donors (Lipinski definition) is 1. The fourth-order valence-electron chi connectivity index (χ4n) is 2.45. The van der Waals surface area contributed by atoms with Crippen LogP contribution < -0.4 is 10.1 Å². The molecule has 0 aliphatic heterocycles. The van der Waals surface area contributed by atoms with Crippen LogP contribution in [0, 0.1) is 6.92 Å². The summed E-state index contributed by atoms with van der Waals surface area (Å²) >= 11 is 0. The Kier molecular flexibility index (Phi) is 4.68. The third kappa shape index (κ3) is 3.76. The van der Waals surface area contributed by atoms with Crippen LogP contribution in [0.3, 0.4) is 0 Å². The van der Waals surface area contributed by atoms with Crippen molar-refractivity contribution in [3.05, 3.63) is 71.7 Å². The minimum absolute atomic E-state index is 0.691. The lowest BCUT2D eigenvalue weighted by Gasteiger charge is -2.10. The average Bonchev–Trinajstić information content (AvgIpc) is 2.84. The molecule has 0 saturated heterocycles. The normalized spacial score (nSPS) is 10.7. The first kappa shape index (κ1) is 15.2. The van der Waals surface area contributed by atoms with E-state index in [1.807, 2.05) is 56.6 Å². The number of ether oxygens (including phenoxy) is 1. The molecule has 3 rings (SSSR count). The van der Waals surface area contributed by atoms with Gasteiger partial charge in [-0.3, -0.25) is 4.98 Å². The number of nitrogens with zero attached hydrogens (tertiary/aromatic N) is 3. The molecule has 118 valence electrons. The second-order valence-corrected chi connectivity index (χ2v) is 5.37. The molecule has 0 aliphatic rings. The van der Waals surface area contributed by atoms with Gasteiger partial charge in [0.2, 0.25) is 5.88 Å². The number of nitrogens with one attached hydrogen (secondary N) is 1. The van der Waals surface area contributed by atoms with Crippen LogP contribution in [0.1, 0.15) is 16.8 Å². The summed E-state index contributed by atoms with van der Waals surface area (Å²) < 4.78 is 7.79. The Balaban J connectivity index is 1.71. The van der Waals surface area contributed by atoms with E-state index in [0.717, 1.165) is 35.0 Å². The summed E-state index contributed by atoms with van der Waals surface area (Å²) in [5, 5.41) is 7.90. The van der Waals surface area contributed by atoms with Crippen molar-refractivity contribution in [1.29, 1.82) is 0 Å². The van der Waals surface area contributed by atoms with Crippen molar-refractivity contribution in [3.8, 4) is 11.6 Å². The summed E-state index contributed by atoms with van der Waals surface area (Å²) in [5.74, 6) is 1.58. The monoisotopic (exact) mass is 308 g/mol. The Morgan fingerprint density at radius 2 is 1.91 bits per heavy atom. The predicted octanol–water partition coefficient (Wildman–Crippen LogP) is 3.21. The fraction of sp³-hybridized carbons (Fsp3) is 0.222. The lowest BCUT2D eigenvalue weighted by molar-refractivity contribution is 0.424. The molecule has 1 N–H and O–H groups in total. The van der Waals surface area contributed by atoms with Crippen LogP contribution in [0.25, 0.3) is 0 Å². The number of pyridine rings is 1. The summed E-state index contributed by atoms with van der Waals surface area (Å²) in [6.07, 6.45) is 3.64. The topological polar surface area (TPSA) is 52.0 Å². The summed E-state index contributed by atoms with van der Waals surface area (Å²) in [5.41, 5.74) is 3.19. The van der Waals surface area contributed by atoms with Crippen LogP contribution in [0.15, 0.2) is 54.9 Å². The van der Waals surface area contributed by atoms with Crippen molar-refractivity contribution >= 4 is 0 Å². The number of aromatic nitrogens is 3. The van der Waals surface area contributed by atoms with Gasteiger partial charge in [-0.2, -0.15) is 5.10 Å². The standard InChI is InChI=1S/C18H20N4O/c1-14-17(13-20-12-15-7-6-10-19-11-15)18(22(2)21-14)23-16-8-4-3-5-9-16/h3-11,20H,12-13H2,1-2H3. The molecule has 0 radical (unpaired) electrons. The van der Waals surface area contributed by atoms with Crippen molar-refractivity contribution in [2.75, 3.05) is 0 Å². The minimum Gasteiger partial charge on any atom is -0.439 e. The molecule has 3 aromatic rings. The molecule has 0 aliphatic carbocycles. The zero-order valence-electron chi connectivity index (χ0n) is 13.4. The van der Waals surface area contributed by atoms with Crippen molar-refractivity contribution in [3.63, 3.8) is 0 Å². The third-order valence-electron chi connectivity index (χ3n) is 3.60. The Bertz CT molecular complexity index is 753. The van der Waals surface area contributed by atoms with E-state index in [2.05, 4.69) is 21.5 Å². The predicted molar refractivity (Wildman–Crippen MR) is 89.2 cm³/mol. The van der Waals surface area contributed by atoms with Crippen LogP contribution in [-0.2, 0) is 20.1 Å². The molecular weight excluding hydrogens is 288 g/mol. The molecule has 0 fully saturated rings. The van der Waals surface area contributed by atoms with Crippen molar-refractivity contribution in [1.82, 2.24) is 20.1 Å². The van der Waals surface area contributed by atoms with Crippen molar-refractivity contribution in [2.24, 2.45) is 7.05 Å². The molecule has 0 saturated carbocycles. The largest absolute Gasteiger partial charge is 0.439 e. The highest BCUT2D eigenvalue weighted by Gasteiger charge is 2.15. The van der Waals surface area contributed by atoms with E-state index in [9.17, 15) is 0 Å². The van der Waals surface area contributed by atoms with Gasteiger partial charge in [-0.15, -0.1) is 0 Å². The van der Waals surface area contributed by atoms with Gasteiger partial charge < -0.3 is 10.1 Å². The fourth-order valence-corrected chi connectivity index (χ4v) is 2.45. The number of para-hydroxylation sites is 1. The Morgan fingerprint density at radius 1 is 1.09 bits per heavy atom. The first-order valence-electron chi connectivity index (χ1n) is 7.59. The second kappa shape index (κ2) is 7.07. The lowest BCUT2D eigenvalue weighted by atomic mass is 10.2. The van der Waals surface area contributed by atoms with E-state index < -0.39 is 0 Å². The van der Waals surface area contributed by atoms with Gasteiger partial charge in [0.05, 0.1) is 11.3 Å². The SMILES string of the molecule is Cc1nn(C)c(Oc2ccccc2)c1CNCc1cccnc1.